The fraction of sp³-hybridized carbons (Fsp3) is 0.562. The molecule has 7 heteroatoms. The van der Waals surface area contributed by atoms with Crippen LogP contribution in [0, 0.1) is 5.92 Å². The van der Waals surface area contributed by atoms with E-state index in [4.69, 9.17) is 9.47 Å². The minimum absolute atomic E-state index is 0.110. The third kappa shape index (κ3) is 2.72. The van der Waals surface area contributed by atoms with Gasteiger partial charge in [-0.2, -0.15) is 0 Å². The molecule has 0 unspecified atom stereocenters. The van der Waals surface area contributed by atoms with Crippen LogP contribution in [0.15, 0.2) is 23.1 Å². The van der Waals surface area contributed by atoms with Gasteiger partial charge in [0.25, 0.3) is 10.0 Å². The van der Waals surface area contributed by atoms with E-state index in [0.717, 1.165) is 37.0 Å². The van der Waals surface area contributed by atoms with Gasteiger partial charge < -0.3 is 9.47 Å². The van der Waals surface area contributed by atoms with Crippen molar-refractivity contribution in [3.05, 3.63) is 23.8 Å². The molecule has 0 saturated carbocycles. The third-order valence-electron chi connectivity index (χ3n) is 4.87. The molecule has 0 spiro atoms. The zero-order chi connectivity index (χ0) is 16.0. The predicted molar refractivity (Wildman–Crippen MR) is 81.6 cm³/mol. The summed E-state index contributed by atoms with van der Waals surface area (Å²) in [5, 5.41) is 0. The Kier molecular flexibility index (Phi) is 3.57. The zero-order valence-electron chi connectivity index (χ0n) is 12.7. The van der Waals surface area contributed by atoms with Crippen LogP contribution < -0.4 is 9.46 Å². The number of amides is 1. The molecular formula is C16H19NO5S. The van der Waals surface area contributed by atoms with Crippen molar-refractivity contribution in [3.8, 4) is 5.75 Å². The molecule has 1 amide bonds. The lowest BCUT2D eigenvalue weighted by Gasteiger charge is -2.19. The molecule has 1 aromatic rings. The van der Waals surface area contributed by atoms with E-state index in [1.165, 1.54) is 6.07 Å². The molecule has 124 valence electrons. The number of aryl methyl sites for hydroxylation is 1. The highest BCUT2D eigenvalue weighted by Crippen LogP contribution is 2.39. The fourth-order valence-corrected chi connectivity index (χ4v) is 4.76. The second-order valence-corrected chi connectivity index (χ2v) is 8.09. The highest BCUT2D eigenvalue weighted by atomic mass is 32.2. The molecule has 1 aromatic carbocycles. The van der Waals surface area contributed by atoms with E-state index in [0.29, 0.717) is 13.0 Å². The molecule has 3 atom stereocenters. The highest BCUT2D eigenvalue weighted by molar-refractivity contribution is 7.90. The van der Waals surface area contributed by atoms with Gasteiger partial charge in [-0.1, -0.05) is 0 Å². The van der Waals surface area contributed by atoms with Gasteiger partial charge in [-0.3, -0.25) is 4.79 Å². The van der Waals surface area contributed by atoms with Gasteiger partial charge in [0.1, 0.15) is 5.75 Å². The van der Waals surface area contributed by atoms with Crippen LogP contribution in [0.1, 0.15) is 31.2 Å². The molecular weight excluding hydrogens is 318 g/mol. The maximum atomic E-state index is 12.5. The third-order valence-corrected chi connectivity index (χ3v) is 6.21. The van der Waals surface area contributed by atoms with Crippen LogP contribution in [-0.2, 0) is 26.0 Å². The molecule has 2 bridgehead atoms. The summed E-state index contributed by atoms with van der Waals surface area (Å²) in [6, 6.07) is 4.74. The van der Waals surface area contributed by atoms with Crippen LogP contribution in [0.2, 0.25) is 0 Å². The molecule has 23 heavy (non-hydrogen) atoms. The van der Waals surface area contributed by atoms with Crippen molar-refractivity contribution in [3.63, 3.8) is 0 Å². The normalized spacial score (nSPS) is 29.0. The number of rotatable bonds is 3. The topological polar surface area (TPSA) is 81.7 Å². The number of nitrogens with one attached hydrogen (secondary N) is 1. The summed E-state index contributed by atoms with van der Waals surface area (Å²) >= 11 is 0. The molecule has 3 aliphatic heterocycles. The van der Waals surface area contributed by atoms with E-state index in [9.17, 15) is 13.2 Å². The van der Waals surface area contributed by atoms with Gasteiger partial charge in [-0.05, 0) is 55.9 Å². The van der Waals surface area contributed by atoms with Crippen molar-refractivity contribution in [2.24, 2.45) is 5.92 Å². The minimum atomic E-state index is -3.86. The van der Waals surface area contributed by atoms with Gasteiger partial charge in [0.05, 0.1) is 29.6 Å². The average Bonchev–Trinajstić information content (AvgIpc) is 3.17. The Hall–Kier alpha value is -1.60. The van der Waals surface area contributed by atoms with Crippen molar-refractivity contribution in [2.75, 3.05) is 6.61 Å². The molecule has 6 nitrogen and oxygen atoms in total. The number of hydrogen-bond donors (Lipinski definition) is 1. The van der Waals surface area contributed by atoms with E-state index in [1.54, 1.807) is 12.1 Å². The number of sulfonamides is 1. The van der Waals surface area contributed by atoms with E-state index in [2.05, 4.69) is 4.72 Å². The van der Waals surface area contributed by atoms with E-state index < -0.39 is 15.9 Å². The first-order chi connectivity index (χ1) is 11.0. The lowest BCUT2D eigenvalue weighted by atomic mass is 9.89. The highest BCUT2D eigenvalue weighted by Gasteiger charge is 2.45. The summed E-state index contributed by atoms with van der Waals surface area (Å²) in [6.45, 7) is 0.653. The van der Waals surface area contributed by atoms with Gasteiger partial charge in [-0.15, -0.1) is 0 Å². The second kappa shape index (κ2) is 5.49. The van der Waals surface area contributed by atoms with Crippen LogP contribution >= 0.6 is 0 Å². The van der Waals surface area contributed by atoms with Crippen molar-refractivity contribution in [1.29, 1.82) is 0 Å². The molecule has 4 rings (SSSR count). The number of carbonyl (C=O) groups excluding carboxylic acids is 1. The van der Waals surface area contributed by atoms with Gasteiger partial charge >= 0.3 is 0 Å². The summed E-state index contributed by atoms with van der Waals surface area (Å²) in [7, 11) is -3.86. The lowest BCUT2D eigenvalue weighted by Crippen LogP contribution is -2.39. The molecule has 0 aliphatic carbocycles. The van der Waals surface area contributed by atoms with Crippen LogP contribution in [-0.4, -0.2) is 33.1 Å². The molecule has 0 radical (unpaired) electrons. The Morgan fingerprint density at radius 2 is 2.13 bits per heavy atom. The molecule has 2 fully saturated rings. The zero-order valence-corrected chi connectivity index (χ0v) is 13.5. The summed E-state index contributed by atoms with van der Waals surface area (Å²) in [5.41, 5.74) is 0.870. The van der Waals surface area contributed by atoms with Crippen LogP contribution in [0.3, 0.4) is 0 Å². The molecule has 1 N–H and O–H groups in total. The first kappa shape index (κ1) is 15.0. The van der Waals surface area contributed by atoms with E-state index in [-0.39, 0.29) is 23.0 Å². The van der Waals surface area contributed by atoms with Crippen LogP contribution in [0.25, 0.3) is 0 Å². The van der Waals surface area contributed by atoms with Gasteiger partial charge in [0.2, 0.25) is 5.91 Å². The van der Waals surface area contributed by atoms with Crippen molar-refractivity contribution in [2.45, 2.75) is 49.2 Å². The largest absolute Gasteiger partial charge is 0.493 e. The smallest absolute Gasteiger partial charge is 0.264 e. The van der Waals surface area contributed by atoms with Crippen molar-refractivity contribution in [1.82, 2.24) is 4.72 Å². The average molecular weight is 337 g/mol. The molecule has 3 aliphatic rings. The SMILES string of the molecule is O=C(NS(=O)(=O)c1ccc2c(c1)CCCO2)[C@@H]1C[C@@H]2CC[C@H]1O2. The summed E-state index contributed by atoms with van der Waals surface area (Å²) in [4.78, 5) is 12.4. The summed E-state index contributed by atoms with van der Waals surface area (Å²) in [5.74, 6) is -0.0846. The minimum Gasteiger partial charge on any atom is -0.493 e. The maximum Gasteiger partial charge on any atom is 0.264 e. The Labute approximate surface area is 135 Å². The summed E-state index contributed by atoms with van der Waals surface area (Å²) < 4.78 is 38.3. The fourth-order valence-electron chi connectivity index (χ4n) is 3.68. The van der Waals surface area contributed by atoms with Gasteiger partial charge in [0.15, 0.2) is 0 Å². The number of carbonyl (C=O) groups is 1. The number of hydrogen-bond acceptors (Lipinski definition) is 5. The Bertz CT molecular complexity index is 745. The number of benzene rings is 1. The van der Waals surface area contributed by atoms with Gasteiger partial charge in [0, 0.05) is 0 Å². The quantitative estimate of drug-likeness (QED) is 0.901. The Balaban J connectivity index is 1.52. The lowest BCUT2D eigenvalue weighted by molar-refractivity contribution is -0.124. The maximum absolute atomic E-state index is 12.5. The van der Waals surface area contributed by atoms with Crippen molar-refractivity contribution >= 4 is 15.9 Å². The monoisotopic (exact) mass is 337 g/mol. The summed E-state index contributed by atoms with van der Waals surface area (Å²) in [6.07, 6.45) is 4.04. The standard InChI is InChI=1S/C16H19NO5S/c18-16(13-9-11-3-5-15(13)22-11)17-23(19,20)12-4-6-14-10(8-12)2-1-7-21-14/h4,6,8,11,13,15H,1-3,5,7,9H2,(H,17,18)/t11-,13+,15+/m0/s1. The van der Waals surface area contributed by atoms with Crippen LogP contribution in [0.4, 0.5) is 0 Å². The Morgan fingerprint density at radius 1 is 1.26 bits per heavy atom. The number of ether oxygens (including phenoxy) is 2. The first-order valence-corrected chi connectivity index (χ1v) is 9.49. The molecule has 3 heterocycles. The van der Waals surface area contributed by atoms with E-state index in [1.807, 2.05) is 0 Å². The molecule has 0 aromatic heterocycles. The van der Waals surface area contributed by atoms with Crippen LogP contribution in [0.5, 0.6) is 5.75 Å². The van der Waals surface area contributed by atoms with Crippen molar-refractivity contribution < 1.29 is 22.7 Å². The predicted octanol–water partition coefficient (Wildman–Crippen LogP) is 1.38. The number of fused-ring (bicyclic) bond motifs is 3. The second-order valence-electron chi connectivity index (χ2n) is 6.41. The van der Waals surface area contributed by atoms with Gasteiger partial charge in [-0.25, -0.2) is 13.1 Å². The van der Waals surface area contributed by atoms with E-state index >= 15 is 0 Å². The molecule has 2 saturated heterocycles. The first-order valence-electron chi connectivity index (χ1n) is 8.01. The Morgan fingerprint density at radius 3 is 2.87 bits per heavy atom.